The lowest BCUT2D eigenvalue weighted by Crippen LogP contribution is -2.47. The summed E-state index contributed by atoms with van der Waals surface area (Å²) in [5.74, 6) is 1.43. The van der Waals surface area contributed by atoms with Crippen LogP contribution in [0.3, 0.4) is 0 Å². The van der Waals surface area contributed by atoms with Gasteiger partial charge in [0.15, 0.2) is 11.5 Å². The van der Waals surface area contributed by atoms with Gasteiger partial charge in [-0.25, -0.2) is 0 Å². The molecule has 1 atom stereocenters. The molecule has 0 saturated heterocycles. The average Bonchev–Trinajstić information content (AvgIpc) is 3.14. The molecule has 0 radical (unpaired) electrons. The Bertz CT molecular complexity index is 1070. The fourth-order valence-corrected chi connectivity index (χ4v) is 4.56. The molecular weight excluding hydrogens is 388 g/mol. The number of hydrogen-bond donors (Lipinski definition) is 0. The summed E-state index contributed by atoms with van der Waals surface area (Å²) in [7, 11) is 0. The van der Waals surface area contributed by atoms with Gasteiger partial charge in [-0.05, 0) is 55.7 Å². The quantitative estimate of drug-likeness (QED) is 0.507. The van der Waals surface area contributed by atoms with Crippen LogP contribution in [-0.4, -0.2) is 29.0 Å². The van der Waals surface area contributed by atoms with Crippen LogP contribution in [-0.2, 0) is 12.1 Å². The number of hydrogen-bond acceptors (Lipinski definition) is 4. The molecule has 0 unspecified atom stereocenters. The van der Waals surface area contributed by atoms with Crippen LogP contribution in [0, 0.1) is 0 Å². The molecule has 1 aliphatic rings. The smallest absolute Gasteiger partial charge is 0.255 e. The number of carbonyl (C=O) groups is 1. The Labute approximate surface area is 183 Å². The number of amides is 1. The van der Waals surface area contributed by atoms with Crippen molar-refractivity contribution in [1.29, 1.82) is 0 Å². The molecule has 0 aliphatic carbocycles. The molecule has 2 aromatic carbocycles. The zero-order valence-electron chi connectivity index (χ0n) is 18.3. The third-order valence-corrected chi connectivity index (χ3v) is 5.95. The Morgan fingerprint density at radius 2 is 1.71 bits per heavy atom. The van der Waals surface area contributed by atoms with E-state index in [9.17, 15) is 4.79 Å². The molecule has 2 heterocycles. The normalized spacial score (nSPS) is 14.8. The van der Waals surface area contributed by atoms with E-state index in [-0.39, 0.29) is 5.91 Å². The molecule has 5 heteroatoms. The Morgan fingerprint density at radius 3 is 2.39 bits per heavy atom. The number of carbonyl (C=O) groups excluding carboxylic acids is 1. The Hall–Kier alpha value is -3.34. The average molecular weight is 417 g/mol. The summed E-state index contributed by atoms with van der Waals surface area (Å²) in [6, 6.07) is 17.8. The summed E-state index contributed by atoms with van der Waals surface area (Å²) < 4.78 is 11.7. The van der Waals surface area contributed by atoms with E-state index in [0.717, 1.165) is 22.3 Å². The van der Waals surface area contributed by atoms with Gasteiger partial charge in [-0.2, -0.15) is 0 Å². The zero-order valence-corrected chi connectivity index (χ0v) is 18.3. The lowest BCUT2D eigenvalue weighted by molar-refractivity contribution is 0.0562. The van der Waals surface area contributed by atoms with Crippen LogP contribution in [0.4, 0.5) is 0 Å². The third-order valence-electron chi connectivity index (χ3n) is 5.95. The highest BCUT2D eigenvalue weighted by Crippen LogP contribution is 2.45. The minimum atomic E-state index is -0.680. The third kappa shape index (κ3) is 3.54. The molecule has 5 nitrogen and oxygen atoms in total. The van der Waals surface area contributed by atoms with Crippen LogP contribution in [0.15, 0.2) is 67.0 Å². The highest BCUT2D eigenvalue weighted by molar-refractivity contribution is 5.99. The predicted octanol–water partition coefficient (Wildman–Crippen LogP) is 5.19. The first kappa shape index (κ1) is 20.9. The molecule has 1 aromatic heterocycles. The molecule has 0 bridgehead atoms. The van der Waals surface area contributed by atoms with Gasteiger partial charge < -0.3 is 14.4 Å². The maximum atomic E-state index is 13.6. The number of pyridine rings is 1. The van der Waals surface area contributed by atoms with Gasteiger partial charge in [-0.15, -0.1) is 0 Å². The lowest BCUT2D eigenvalue weighted by atomic mass is 9.79. The van der Waals surface area contributed by atoms with Crippen LogP contribution >= 0.6 is 0 Å². The number of fused-ring (bicyclic) bond motifs is 1. The largest absolute Gasteiger partial charge is 0.490 e. The van der Waals surface area contributed by atoms with Crippen LogP contribution in [0.2, 0.25) is 0 Å². The van der Waals surface area contributed by atoms with Crippen LogP contribution in [0.5, 0.6) is 11.5 Å². The van der Waals surface area contributed by atoms with Gasteiger partial charge in [0.1, 0.15) is 0 Å². The molecule has 0 fully saturated rings. The molecular formula is C26H28N2O3. The van der Waals surface area contributed by atoms with Crippen molar-refractivity contribution in [3.05, 3.63) is 89.2 Å². The summed E-state index contributed by atoms with van der Waals surface area (Å²) in [5.41, 5.74) is 3.09. The fraction of sp³-hybridized carbons (Fsp3) is 0.308. The monoisotopic (exact) mass is 416 g/mol. The van der Waals surface area contributed by atoms with E-state index >= 15 is 0 Å². The van der Waals surface area contributed by atoms with E-state index in [1.54, 1.807) is 6.20 Å². The molecule has 160 valence electrons. The number of rotatable bonds is 8. The standard InChI is InChI=1S/C26H28N2O3/c1-4-26(21-11-9-15-27-17-21,28-18-19-10-7-8-12-22(19)25(28)29)20-13-14-23(30-5-2)24(16-20)31-6-3/h7-17H,4-6,18H2,1-3H3/t26-/m1/s1. The summed E-state index contributed by atoms with van der Waals surface area (Å²) >= 11 is 0. The van der Waals surface area contributed by atoms with Crippen molar-refractivity contribution in [2.24, 2.45) is 0 Å². The maximum absolute atomic E-state index is 13.6. The summed E-state index contributed by atoms with van der Waals surface area (Å²) in [6.07, 6.45) is 4.31. The molecule has 3 aromatic rings. The molecule has 31 heavy (non-hydrogen) atoms. The van der Waals surface area contributed by atoms with Crippen molar-refractivity contribution in [2.75, 3.05) is 13.2 Å². The first-order valence-corrected chi connectivity index (χ1v) is 10.9. The molecule has 1 aliphatic heterocycles. The number of nitrogens with zero attached hydrogens (tertiary/aromatic N) is 2. The molecule has 4 rings (SSSR count). The summed E-state index contributed by atoms with van der Waals surface area (Å²) in [6.45, 7) is 7.66. The molecule has 0 N–H and O–H groups in total. The van der Waals surface area contributed by atoms with E-state index in [0.29, 0.717) is 37.7 Å². The van der Waals surface area contributed by atoms with Gasteiger partial charge in [0.2, 0.25) is 0 Å². The highest BCUT2D eigenvalue weighted by atomic mass is 16.5. The van der Waals surface area contributed by atoms with E-state index in [1.807, 2.05) is 79.5 Å². The number of benzene rings is 2. The maximum Gasteiger partial charge on any atom is 0.255 e. The van der Waals surface area contributed by atoms with Crippen LogP contribution in [0.1, 0.15) is 54.2 Å². The topological polar surface area (TPSA) is 51.7 Å². The molecule has 0 spiro atoms. The highest BCUT2D eigenvalue weighted by Gasteiger charge is 2.45. The number of aromatic nitrogens is 1. The first-order valence-electron chi connectivity index (χ1n) is 10.9. The Balaban J connectivity index is 1.91. The van der Waals surface area contributed by atoms with E-state index in [1.165, 1.54) is 0 Å². The summed E-state index contributed by atoms with van der Waals surface area (Å²) in [4.78, 5) is 19.9. The van der Waals surface area contributed by atoms with Crippen molar-refractivity contribution < 1.29 is 14.3 Å². The Kier molecular flexibility index (Phi) is 5.94. The minimum absolute atomic E-state index is 0.0353. The van der Waals surface area contributed by atoms with Gasteiger partial charge in [0.25, 0.3) is 5.91 Å². The van der Waals surface area contributed by atoms with Crippen LogP contribution < -0.4 is 9.47 Å². The van der Waals surface area contributed by atoms with Crippen molar-refractivity contribution in [2.45, 2.75) is 39.3 Å². The second-order valence-electron chi connectivity index (χ2n) is 7.53. The second-order valence-corrected chi connectivity index (χ2v) is 7.53. The van der Waals surface area contributed by atoms with Gasteiger partial charge in [0.05, 0.1) is 18.8 Å². The molecule has 0 saturated carbocycles. The Morgan fingerprint density at radius 1 is 0.935 bits per heavy atom. The fourth-order valence-electron chi connectivity index (χ4n) is 4.56. The second kappa shape index (κ2) is 8.80. The SMILES string of the molecule is CCOc1ccc([C@](CC)(c2cccnc2)N2Cc3ccccc3C2=O)cc1OCC. The minimum Gasteiger partial charge on any atom is -0.490 e. The zero-order chi connectivity index (χ0) is 21.8. The van der Waals surface area contributed by atoms with E-state index in [2.05, 4.69) is 11.9 Å². The predicted molar refractivity (Wildman–Crippen MR) is 120 cm³/mol. The van der Waals surface area contributed by atoms with Gasteiger partial charge in [-0.3, -0.25) is 9.78 Å². The van der Waals surface area contributed by atoms with E-state index < -0.39 is 5.54 Å². The van der Waals surface area contributed by atoms with E-state index in [4.69, 9.17) is 9.47 Å². The van der Waals surface area contributed by atoms with Crippen LogP contribution in [0.25, 0.3) is 0 Å². The molecule has 1 amide bonds. The van der Waals surface area contributed by atoms with Gasteiger partial charge in [0, 0.05) is 30.1 Å². The van der Waals surface area contributed by atoms with Gasteiger partial charge >= 0.3 is 0 Å². The van der Waals surface area contributed by atoms with Crippen molar-refractivity contribution in [1.82, 2.24) is 9.88 Å². The summed E-state index contributed by atoms with van der Waals surface area (Å²) in [5, 5.41) is 0. The van der Waals surface area contributed by atoms with Gasteiger partial charge in [-0.1, -0.05) is 37.3 Å². The van der Waals surface area contributed by atoms with Crippen molar-refractivity contribution in [3.8, 4) is 11.5 Å². The number of ether oxygens (including phenoxy) is 2. The van der Waals surface area contributed by atoms with Crippen molar-refractivity contribution >= 4 is 5.91 Å². The van der Waals surface area contributed by atoms with Crippen molar-refractivity contribution in [3.63, 3.8) is 0 Å². The first-order chi connectivity index (χ1) is 15.2. The lowest BCUT2D eigenvalue weighted by Gasteiger charge is -2.42.